The lowest BCUT2D eigenvalue weighted by Crippen LogP contribution is -2.05. The molecule has 0 aliphatic carbocycles. The van der Waals surface area contributed by atoms with E-state index in [1.807, 2.05) is 12.4 Å². The monoisotopic (exact) mass is 1780 g/mol. The second kappa shape index (κ2) is 30.2. The van der Waals surface area contributed by atoms with Crippen LogP contribution < -0.4 is 0 Å². The van der Waals surface area contributed by atoms with E-state index < -0.39 is 0 Å². The van der Waals surface area contributed by atoms with Gasteiger partial charge in [0.2, 0.25) is 0 Å². The lowest BCUT2D eigenvalue weighted by Gasteiger charge is -2.20. The van der Waals surface area contributed by atoms with Crippen molar-refractivity contribution in [3.8, 4) is 102 Å². The number of nitrogens with zero attached hydrogens (tertiary/aromatic N) is 13. The third-order valence-electron chi connectivity index (χ3n) is 29.2. The molecular formula is C127H77N13. The van der Waals surface area contributed by atoms with Crippen LogP contribution >= 0.6 is 0 Å². The van der Waals surface area contributed by atoms with Crippen LogP contribution in [0.15, 0.2) is 468 Å². The summed E-state index contributed by atoms with van der Waals surface area (Å²) in [7, 11) is 0. The zero-order chi connectivity index (χ0) is 91.5. The number of benzene rings is 19. The Morgan fingerprint density at radius 2 is 0.350 bits per heavy atom. The standard InChI is InChI=1S/C127H77N13/c1-6-32-78(33-7-1)125-130-126(79-58-60-113(137-109-54-28-20-46-89(109)101-68-97-85-42-16-24-50-105(85)133(115(97)72-119(101)137)81-34-8-2-9-35-81)95(66-79)93-62-64-128-76-123(93)139-111-56-30-22-48-91(111)103-70-99-87-44-18-26-52-107(87)135(117(99)74-121(103)139)83-38-12-4-13-39-83)132-127(131-125)80-59-61-114(138-110-55-29-21-47-90(110)102-69-98-86-43-17-25-51-106(86)134(116(98)73-120(102)138)82-36-10-3-11-37-82)96(67-80)94-63-65-129-77-124(94)140-112-57-31-23-49-92(112)104-71-100-88-45-19-27-53-108(88)136(118(100)75-122(104)140)84-40-14-5-15-41-84/h1-77H. The van der Waals surface area contributed by atoms with Gasteiger partial charge in [-0.05, 0) is 194 Å². The van der Waals surface area contributed by atoms with E-state index in [1.54, 1.807) is 0 Å². The van der Waals surface area contributed by atoms with Crippen molar-refractivity contribution in [1.29, 1.82) is 0 Å². The molecule has 0 radical (unpaired) electrons. The molecule has 0 fully saturated rings. The van der Waals surface area contributed by atoms with Crippen molar-refractivity contribution in [2.24, 2.45) is 0 Å². The van der Waals surface area contributed by atoms with Crippen LogP contribution in [0.3, 0.4) is 0 Å². The van der Waals surface area contributed by atoms with Gasteiger partial charge in [-0.3, -0.25) is 9.97 Å². The number of hydrogen-bond acceptors (Lipinski definition) is 5. The van der Waals surface area contributed by atoms with Crippen molar-refractivity contribution in [2.75, 3.05) is 0 Å². The molecule has 0 spiro atoms. The van der Waals surface area contributed by atoms with Gasteiger partial charge >= 0.3 is 0 Å². The maximum atomic E-state index is 5.93. The van der Waals surface area contributed by atoms with Crippen LogP contribution in [0.5, 0.6) is 0 Å². The fourth-order valence-electron chi connectivity index (χ4n) is 23.3. The molecule has 30 rings (SSSR count). The highest BCUT2D eigenvalue weighted by molar-refractivity contribution is 6.25. The zero-order valence-electron chi connectivity index (χ0n) is 75.3. The molecule has 0 saturated heterocycles. The van der Waals surface area contributed by atoms with Gasteiger partial charge in [-0.25, -0.2) is 15.0 Å². The number of fused-ring (bicyclic) bond motifs is 24. The van der Waals surface area contributed by atoms with Gasteiger partial charge in [-0.2, -0.15) is 0 Å². The van der Waals surface area contributed by atoms with Crippen molar-refractivity contribution >= 4 is 174 Å². The number of aromatic nitrogens is 13. The second-order valence-corrected chi connectivity index (χ2v) is 36.6. The van der Waals surface area contributed by atoms with Gasteiger partial charge in [0.15, 0.2) is 17.5 Å². The van der Waals surface area contributed by atoms with Crippen LogP contribution in [0.25, 0.3) is 276 Å². The number of pyridine rings is 2. The number of hydrogen-bond donors (Lipinski definition) is 0. The lowest BCUT2D eigenvalue weighted by atomic mass is 9.98. The molecule has 140 heavy (non-hydrogen) atoms. The molecule has 0 N–H and O–H groups in total. The summed E-state index contributed by atoms with van der Waals surface area (Å²) in [6, 6.07) is 162. The fraction of sp³-hybridized carbons (Fsp3) is 0. The maximum absolute atomic E-state index is 5.93. The van der Waals surface area contributed by atoms with Gasteiger partial charge in [0.1, 0.15) is 0 Å². The summed E-state index contributed by atoms with van der Waals surface area (Å²) < 4.78 is 19.6. The minimum atomic E-state index is 0.488. The molecule has 13 nitrogen and oxygen atoms in total. The first-order valence-electron chi connectivity index (χ1n) is 47.6. The predicted octanol–water partition coefficient (Wildman–Crippen LogP) is 31.8. The van der Waals surface area contributed by atoms with Crippen LogP contribution in [0.1, 0.15) is 0 Å². The Morgan fingerprint density at radius 3 is 0.614 bits per heavy atom. The van der Waals surface area contributed by atoms with Crippen molar-refractivity contribution in [3.05, 3.63) is 468 Å². The van der Waals surface area contributed by atoms with Crippen LogP contribution in [0.2, 0.25) is 0 Å². The summed E-state index contributed by atoms with van der Waals surface area (Å²) in [5.41, 5.74) is 31.5. The van der Waals surface area contributed by atoms with E-state index in [-0.39, 0.29) is 0 Å². The molecule has 11 aromatic heterocycles. The van der Waals surface area contributed by atoms with Crippen molar-refractivity contribution in [2.45, 2.75) is 0 Å². The summed E-state index contributed by atoms with van der Waals surface area (Å²) in [5.74, 6) is 1.49. The van der Waals surface area contributed by atoms with Crippen molar-refractivity contribution in [3.63, 3.8) is 0 Å². The largest absolute Gasteiger partial charge is 0.309 e. The van der Waals surface area contributed by atoms with Gasteiger partial charge in [0.05, 0.1) is 123 Å². The first-order chi connectivity index (χ1) is 69.5. The Kier molecular flexibility index (Phi) is 16.7. The summed E-state index contributed by atoms with van der Waals surface area (Å²) >= 11 is 0. The fourth-order valence-corrected chi connectivity index (χ4v) is 23.3. The minimum absolute atomic E-state index is 0.488. The van der Waals surface area contributed by atoms with Crippen LogP contribution in [-0.4, -0.2) is 61.5 Å². The third-order valence-corrected chi connectivity index (χ3v) is 29.2. The van der Waals surface area contributed by atoms with Crippen LogP contribution in [-0.2, 0) is 0 Å². The number of para-hydroxylation sites is 12. The first kappa shape index (κ1) is 77.3. The van der Waals surface area contributed by atoms with Gasteiger partial charge in [-0.1, -0.05) is 249 Å². The highest BCUT2D eigenvalue weighted by atomic mass is 15.1. The molecule has 13 heteroatoms. The molecule has 30 aromatic rings. The van der Waals surface area contributed by atoms with E-state index in [0.29, 0.717) is 17.5 Å². The third kappa shape index (κ3) is 11.4. The molecule has 0 aliphatic heterocycles. The van der Waals surface area contributed by atoms with E-state index in [1.165, 1.54) is 43.1 Å². The highest BCUT2D eigenvalue weighted by Gasteiger charge is 2.31. The Balaban J connectivity index is 0.686. The quantitative estimate of drug-likeness (QED) is 0.114. The van der Waals surface area contributed by atoms with Gasteiger partial charge < -0.3 is 36.5 Å². The molecule has 650 valence electrons. The molecule has 19 aromatic carbocycles. The molecule has 0 bridgehead atoms. The van der Waals surface area contributed by atoms with Crippen LogP contribution in [0, 0.1) is 0 Å². The SMILES string of the molecule is c1ccc(-c2nc(-c3ccc(-n4c5ccccc5c5cc6c7ccccc7n(-c7ccccc7)c6cc54)c(-c4ccncc4-n4c5ccccc5c5cc6c7ccccc7n(-c7ccccc7)c6cc54)c3)nc(-c3ccc(-n4c5ccccc5c5cc6c7ccccc7n(-c7ccccc7)c6cc54)c(-c4ccncc4-n4c5ccccc5c5cc6c7ccccc7n(-c7ccccc7)c6cc54)c3)n2)cc1. The van der Waals surface area contributed by atoms with E-state index in [9.17, 15) is 0 Å². The summed E-state index contributed by atoms with van der Waals surface area (Å²) in [6.07, 6.45) is 8.01. The lowest BCUT2D eigenvalue weighted by molar-refractivity contribution is 1.07. The van der Waals surface area contributed by atoms with Crippen LogP contribution in [0.4, 0.5) is 0 Å². The average Bonchev–Trinajstić information content (AvgIpc) is 1.55. The average molecular weight is 1790 g/mol. The normalized spacial score (nSPS) is 12.1. The minimum Gasteiger partial charge on any atom is -0.309 e. The second-order valence-electron chi connectivity index (χ2n) is 36.6. The molecular weight excluding hydrogens is 1710 g/mol. The smallest absolute Gasteiger partial charge is 0.164 e. The van der Waals surface area contributed by atoms with Gasteiger partial charge in [-0.15, -0.1) is 0 Å². The van der Waals surface area contributed by atoms with E-state index >= 15 is 0 Å². The maximum Gasteiger partial charge on any atom is 0.164 e. The molecule has 0 saturated carbocycles. The predicted molar refractivity (Wildman–Crippen MR) is 577 cm³/mol. The molecule has 0 atom stereocenters. The molecule has 0 unspecified atom stereocenters. The van der Waals surface area contributed by atoms with E-state index in [4.69, 9.17) is 24.9 Å². The van der Waals surface area contributed by atoms with Gasteiger partial charge in [0.25, 0.3) is 0 Å². The summed E-state index contributed by atoms with van der Waals surface area (Å²) in [6.45, 7) is 0. The van der Waals surface area contributed by atoms with Gasteiger partial charge in [0, 0.05) is 160 Å². The van der Waals surface area contributed by atoms with Crippen molar-refractivity contribution in [1.82, 2.24) is 61.5 Å². The van der Waals surface area contributed by atoms with E-state index in [0.717, 1.165) is 216 Å². The summed E-state index contributed by atoms with van der Waals surface area (Å²) in [5, 5.41) is 18.5. The van der Waals surface area contributed by atoms with E-state index in [2.05, 4.69) is 492 Å². The van der Waals surface area contributed by atoms with Crippen molar-refractivity contribution < 1.29 is 0 Å². The topological polar surface area (TPSA) is 104 Å². The Morgan fingerprint density at radius 1 is 0.136 bits per heavy atom. The molecule has 0 aliphatic rings. The summed E-state index contributed by atoms with van der Waals surface area (Å²) in [4.78, 5) is 27.7. The Labute approximate surface area is 800 Å². The molecule has 0 amide bonds. The highest BCUT2D eigenvalue weighted by Crippen LogP contribution is 2.51. The zero-order valence-corrected chi connectivity index (χ0v) is 75.3. The first-order valence-corrected chi connectivity index (χ1v) is 47.6. The Bertz CT molecular complexity index is 9900. The number of rotatable bonds is 13. The molecule has 11 heterocycles. The Hall–Kier alpha value is -19.1.